The van der Waals surface area contributed by atoms with Crippen LogP contribution in [0.15, 0.2) is 93.6 Å². The Bertz CT molecular complexity index is 1500. The molecule has 1 heterocycles. The highest BCUT2D eigenvalue weighted by Crippen LogP contribution is 2.22. The third kappa shape index (κ3) is 4.28. The Balaban J connectivity index is 1.79. The third-order valence-electron chi connectivity index (χ3n) is 4.79. The second-order valence-electron chi connectivity index (χ2n) is 6.98. The van der Waals surface area contributed by atoms with Crippen LogP contribution in [0, 0.1) is 5.82 Å². The number of fused-ring (bicyclic) bond motifs is 1. The molecule has 0 spiro atoms. The number of anilines is 1. The first-order valence-electron chi connectivity index (χ1n) is 9.44. The topological polar surface area (TPSA) is 85.2 Å². The Morgan fingerprint density at radius 2 is 1.72 bits per heavy atom. The molecular weight excluding hydrogens is 455 g/mol. The fraction of sp³-hybridized carbons (Fsp3) is 0.0435. The lowest BCUT2D eigenvalue weighted by atomic mass is 10.2. The van der Waals surface area contributed by atoms with E-state index in [2.05, 4.69) is 5.32 Å². The van der Waals surface area contributed by atoms with Gasteiger partial charge in [0.2, 0.25) is 21.2 Å². The Morgan fingerprint density at radius 3 is 2.44 bits per heavy atom. The predicted molar refractivity (Wildman–Crippen MR) is 120 cm³/mol. The Labute approximate surface area is 187 Å². The van der Waals surface area contributed by atoms with E-state index in [1.807, 2.05) is 0 Å². The summed E-state index contributed by atoms with van der Waals surface area (Å²) in [4.78, 5) is 24.9. The lowest BCUT2D eigenvalue weighted by Gasteiger charge is -2.14. The lowest BCUT2D eigenvalue weighted by molar-refractivity contribution is -0.116. The molecule has 0 aliphatic carbocycles. The van der Waals surface area contributed by atoms with Crippen molar-refractivity contribution in [3.8, 4) is 0 Å². The van der Waals surface area contributed by atoms with Crippen molar-refractivity contribution in [3.05, 3.63) is 100 Å². The van der Waals surface area contributed by atoms with Crippen LogP contribution in [0.5, 0.6) is 0 Å². The molecule has 1 aromatic heterocycles. The number of pyridine rings is 1. The Morgan fingerprint density at radius 1 is 1.00 bits per heavy atom. The standard InChI is InChI=1S/C23H16ClFN2O4S/c24-15-4-3-5-17(12-15)26-22(28)14-27-13-21(23(29)19-6-1-2-7-20(19)27)32(30,31)18-10-8-16(25)9-11-18/h1-13H,14H2,(H,26,28). The number of carbonyl (C=O) groups is 1. The van der Waals surface area contributed by atoms with Crippen LogP contribution in [0.1, 0.15) is 0 Å². The Hall–Kier alpha value is -3.49. The number of aromatic nitrogens is 1. The van der Waals surface area contributed by atoms with Crippen LogP contribution >= 0.6 is 11.6 Å². The van der Waals surface area contributed by atoms with Gasteiger partial charge in [-0.15, -0.1) is 0 Å². The summed E-state index contributed by atoms with van der Waals surface area (Å²) in [7, 11) is -4.25. The van der Waals surface area contributed by atoms with Gasteiger partial charge in [0.15, 0.2) is 0 Å². The molecule has 0 bridgehead atoms. The molecule has 1 amide bonds. The second-order valence-corrected chi connectivity index (χ2v) is 9.34. The normalized spacial score (nSPS) is 11.4. The van der Waals surface area contributed by atoms with Crippen molar-refractivity contribution in [2.75, 3.05) is 5.32 Å². The van der Waals surface area contributed by atoms with Gasteiger partial charge in [-0.25, -0.2) is 12.8 Å². The van der Waals surface area contributed by atoms with E-state index in [9.17, 15) is 22.4 Å². The van der Waals surface area contributed by atoms with Gasteiger partial charge in [-0.2, -0.15) is 0 Å². The zero-order valence-corrected chi connectivity index (χ0v) is 18.0. The van der Waals surface area contributed by atoms with Gasteiger partial charge in [0.1, 0.15) is 17.3 Å². The largest absolute Gasteiger partial charge is 0.336 e. The van der Waals surface area contributed by atoms with Crippen molar-refractivity contribution in [2.45, 2.75) is 16.3 Å². The maximum atomic E-state index is 13.3. The summed E-state index contributed by atoms with van der Waals surface area (Å²) in [5.41, 5.74) is 0.181. The van der Waals surface area contributed by atoms with Crippen molar-refractivity contribution in [2.24, 2.45) is 0 Å². The highest BCUT2D eigenvalue weighted by molar-refractivity contribution is 7.91. The number of hydrogen-bond acceptors (Lipinski definition) is 4. The average Bonchev–Trinajstić information content (AvgIpc) is 2.76. The number of nitrogens with zero attached hydrogens (tertiary/aromatic N) is 1. The fourth-order valence-electron chi connectivity index (χ4n) is 3.30. The summed E-state index contributed by atoms with van der Waals surface area (Å²) < 4.78 is 40.9. The smallest absolute Gasteiger partial charge is 0.244 e. The summed E-state index contributed by atoms with van der Waals surface area (Å²) >= 11 is 5.94. The van der Waals surface area contributed by atoms with Crippen LogP contribution in [0.3, 0.4) is 0 Å². The highest BCUT2D eigenvalue weighted by Gasteiger charge is 2.24. The molecule has 0 saturated carbocycles. The minimum Gasteiger partial charge on any atom is -0.336 e. The van der Waals surface area contributed by atoms with E-state index in [1.165, 1.54) is 10.6 Å². The SMILES string of the molecule is O=C(Cn1cc(S(=O)(=O)c2ccc(F)cc2)c(=O)c2ccccc21)Nc1cccc(Cl)c1. The van der Waals surface area contributed by atoms with E-state index in [-0.39, 0.29) is 16.8 Å². The number of hydrogen-bond donors (Lipinski definition) is 1. The first kappa shape index (κ1) is 21.7. The number of rotatable bonds is 5. The number of halogens is 2. The minimum absolute atomic E-state index is 0.145. The van der Waals surface area contributed by atoms with E-state index < -0.39 is 31.9 Å². The second kappa shape index (κ2) is 8.57. The monoisotopic (exact) mass is 470 g/mol. The van der Waals surface area contributed by atoms with E-state index in [0.29, 0.717) is 16.2 Å². The van der Waals surface area contributed by atoms with Gasteiger partial charge >= 0.3 is 0 Å². The van der Waals surface area contributed by atoms with E-state index >= 15 is 0 Å². The fourth-order valence-corrected chi connectivity index (χ4v) is 4.86. The van der Waals surface area contributed by atoms with Gasteiger partial charge in [0.25, 0.3) is 0 Å². The summed E-state index contributed by atoms with van der Waals surface area (Å²) in [6.45, 7) is -0.251. The molecule has 6 nitrogen and oxygen atoms in total. The van der Waals surface area contributed by atoms with E-state index in [0.717, 1.165) is 30.5 Å². The number of amides is 1. The van der Waals surface area contributed by atoms with Gasteiger partial charge in [-0.1, -0.05) is 29.8 Å². The van der Waals surface area contributed by atoms with Gasteiger partial charge in [-0.3, -0.25) is 9.59 Å². The maximum absolute atomic E-state index is 13.3. The molecule has 0 aliphatic rings. The summed E-state index contributed by atoms with van der Waals surface area (Å²) in [6, 6.07) is 17.2. The summed E-state index contributed by atoms with van der Waals surface area (Å²) in [5.74, 6) is -1.04. The minimum atomic E-state index is -4.25. The highest BCUT2D eigenvalue weighted by atomic mass is 35.5. The molecule has 1 N–H and O–H groups in total. The van der Waals surface area contributed by atoms with Gasteiger partial charge in [0, 0.05) is 22.3 Å². The van der Waals surface area contributed by atoms with Crippen LogP contribution in [-0.2, 0) is 21.2 Å². The molecule has 32 heavy (non-hydrogen) atoms. The zero-order chi connectivity index (χ0) is 22.9. The van der Waals surface area contributed by atoms with Crippen molar-refractivity contribution in [3.63, 3.8) is 0 Å². The zero-order valence-electron chi connectivity index (χ0n) is 16.5. The van der Waals surface area contributed by atoms with E-state index in [1.54, 1.807) is 42.5 Å². The quantitative estimate of drug-likeness (QED) is 0.441. The third-order valence-corrected chi connectivity index (χ3v) is 6.79. The lowest BCUT2D eigenvalue weighted by Crippen LogP contribution is -2.23. The first-order valence-corrected chi connectivity index (χ1v) is 11.3. The first-order chi connectivity index (χ1) is 15.3. The average molecular weight is 471 g/mol. The van der Waals surface area contributed by atoms with Crippen molar-refractivity contribution in [1.29, 1.82) is 0 Å². The molecule has 162 valence electrons. The van der Waals surface area contributed by atoms with Crippen LogP contribution in [0.4, 0.5) is 10.1 Å². The van der Waals surface area contributed by atoms with Gasteiger partial charge in [-0.05, 0) is 54.6 Å². The molecule has 0 unspecified atom stereocenters. The molecule has 4 aromatic rings. The van der Waals surface area contributed by atoms with Crippen LogP contribution in [-0.4, -0.2) is 18.9 Å². The Kier molecular flexibility index (Phi) is 5.82. The molecule has 3 aromatic carbocycles. The summed E-state index contributed by atoms with van der Waals surface area (Å²) in [5, 5.41) is 3.29. The maximum Gasteiger partial charge on any atom is 0.244 e. The number of benzene rings is 3. The van der Waals surface area contributed by atoms with Crippen molar-refractivity contribution < 1.29 is 17.6 Å². The molecule has 0 aliphatic heterocycles. The van der Waals surface area contributed by atoms with E-state index in [4.69, 9.17) is 11.6 Å². The van der Waals surface area contributed by atoms with Crippen molar-refractivity contribution in [1.82, 2.24) is 4.57 Å². The molecule has 9 heteroatoms. The molecule has 0 fully saturated rings. The number of para-hydroxylation sites is 1. The van der Waals surface area contributed by atoms with Gasteiger partial charge < -0.3 is 9.88 Å². The predicted octanol–water partition coefficient (Wildman–Crippen LogP) is 4.27. The molecular formula is C23H16ClFN2O4S. The van der Waals surface area contributed by atoms with Crippen LogP contribution < -0.4 is 10.7 Å². The summed E-state index contributed by atoms with van der Waals surface area (Å²) in [6.07, 6.45) is 1.14. The molecule has 0 saturated heterocycles. The van der Waals surface area contributed by atoms with Crippen LogP contribution in [0.25, 0.3) is 10.9 Å². The number of sulfone groups is 1. The molecule has 0 atom stereocenters. The molecule has 0 radical (unpaired) electrons. The number of nitrogens with one attached hydrogen (secondary N) is 1. The number of carbonyl (C=O) groups excluding carboxylic acids is 1. The van der Waals surface area contributed by atoms with Crippen LogP contribution in [0.2, 0.25) is 5.02 Å². The van der Waals surface area contributed by atoms with Crippen molar-refractivity contribution >= 4 is 43.9 Å². The van der Waals surface area contributed by atoms with Gasteiger partial charge in [0.05, 0.1) is 10.4 Å². The molecule has 4 rings (SSSR count).